The van der Waals surface area contributed by atoms with E-state index in [1.807, 2.05) is 0 Å². The average molecular weight is 291 g/mol. The van der Waals surface area contributed by atoms with Crippen LogP contribution in [0.2, 0.25) is 0 Å². The number of nitro groups is 1. The third-order valence-corrected chi connectivity index (χ3v) is 2.73. The Labute approximate surface area is 120 Å². The van der Waals surface area contributed by atoms with Gasteiger partial charge in [-0.3, -0.25) is 10.1 Å². The van der Waals surface area contributed by atoms with Crippen LogP contribution < -0.4 is 4.74 Å². The van der Waals surface area contributed by atoms with Gasteiger partial charge in [0.1, 0.15) is 12.4 Å². The number of methoxy groups -OCH3 is 1. The number of carbonyl (C=O) groups is 1. The van der Waals surface area contributed by atoms with Gasteiger partial charge < -0.3 is 13.9 Å². The summed E-state index contributed by atoms with van der Waals surface area (Å²) in [6.45, 7) is 1.78. The first-order valence-corrected chi connectivity index (χ1v) is 6.06. The van der Waals surface area contributed by atoms with Crippen molar-refractivity contribution < 1.29 is 23.6 Å². The molecular weight excluding hydrogens is 278 g/mol. The second kappa shape index (κ2) is 6.08. The summed E-state index contributed by atoms with van der Waals surface area (Å²) in [5.74, 6) is -0.0279. The summed E-state index contributed by atoms with van der Waals surface area (Å²) in [6, 6.07) is 7.59. The summed E-state index contributed by atoms with van der Waals surface area (Å²) < 4.78 is 15.1. The van der Waals surface area contributed by atoms with Crippen molar-refractivity contribution in [3.63, 3.8) is 0 Å². The number of rotatable bonds is 5. The molecule has 2 aromatic rings. The number of furan rings is 1. The Balaban J connectivity index is 2.13. The SMILES string of the molecule is COC(=O)c1ccc(COc2cc(C)ccc2[N+](=O)[O-])o1. The molecule has 0 aliphatic heterocycles. The van der Waals surface area contributed by atoms with Gasteiger partial charge in [0.2, 0.25) is 5.76 Å². The molecule has 2 rings (SSSR count). The van der Waals surface area contributed by atoms with E-state index in [2.05, 4.69) is 4.74 Å². The number of aryl methyl sites for hydroxylation is 1. The minimum absolute atomic E-state index is 0.0265. The number of benzene rings is 1. The van der Waals surface area contributed by atoms with Crippen LogP contribution in [0.15, 0.2) is 34.7 Å². The van der Waals surface area contributed by atoms with Crippen molar-refractivity contribution in [3.8, 4) is 5.75 Å². The maximum Gasteiger partial charge on any atom is 0.373 e. The van der Waals surface area contributed by atoms with Crippen molar-refractivity contribution >= 4 is 11.7 Å². The molecule has 110 valence electrons. The van der Waals surface area contributed by atoms with Gasteiger partial charge in [-0.1, -0.05) is 6.07 Å². The van der Waals surface area contributed by atoms with Gasteiger partial charge in [-0.05, 0) is 30.7 Å². The van der Waals surface area contributed by atoms with E-state index in [9.17, 15) is 14.9 Å². The van der Waals surface area contributed by atoms with Gasteiger partial charge in [0.25, 0.3) is 0 Å². The zero-order valence-corrected chi connectivity index (χ0v) is 11.5. The van der Waals surface area contributed by atoms with E-state index in [0.717, 1.165) is 5.56 Å². The molecule has 0 spiro atoms. The minimum atomic E-state index is -0.595. The van der Waals surface area contributed by atoms with Gasteiger partial charge in [0.05, 0.1) is 12.0 Å². The lowest BCUT2D eigenvalue weighted by atomic mass is 10.2. The van der Waals surface area contributed by atoms with Crippen molar-refractivity contribution in [2.75, 3.05) is 7.11 Å². The van der Waals surface area contributed by atoms with Crippen LogP contribution >= 0.6 is 0 Å². The first kappa shape index (κ1) is 14.6. The Morgan fingerprint density at radius 2 is 2.10 bits per heavy atom. The number of nitro benzene ring substituents is 1. The van der Waals surface area contributed by atoms with Crippen LogP contribution in [-0.2, 0) is 11.3 Å². The highest BCUT2D eigenvalue weighted by Crippen LogP contribution is 2.28. The number of hydrogen-bond donors (Lipinski definition) is 0. The summed E-state index contributed by atoms with van der Waals surface area (Å²) >= 11 is 0. The fraction of sp³-hybridized carbons (Fsp3) is 0.214. The van der Waals surface area contributed by atoms with Crippen molar-refractivity contribution in [3.05, 3.63) is 57.5 Å². The highest BCUT2D eigenvalue weighted by atomic mass is 16.6. The molecule has 1 aromatic carbocycles. The van der Waals surface area contributed by atoms with Crippen LogP contribution in [-0.4, -0.2) is 18.0 Å². The van der Waals surface area contributed by atoms with E-state index in [1.54, 1.807) is 25.1 Å². The molecule has 21 heavy (non-hydrogen) atoms. The third kappa shape index (κ3) is 3.38. The van der Waals surface area contributed by atoms with Crippen molar-refractivity contribution in [2.24, 2.45) is 0 Å². The molecule has 0 aliphatic carbocycles. The molecule has 7 nitrogen and oxygen atoms in total. The molecule has 0 aliphatic rings. The lowest BCUT2D eigenvalue weighted by molar-refractivity contribution is -0.386. The smallest absolute Gasteiger partial charge is 0.373 e. The van der Waals surface area contributed by atoms with E-state index in [-0.39, 0.29) is 23.8 Å². The molecule has 0 radical (unpaired) electrons. The van der Waals surface area contributed by atoms with E-state index < -0.39 is 10.9 Å². The highest BCUT2D eigenvalue weighted by Gasteiger charge is 2.16. The second-order valence-corrected chi connectivity index (χ2v) is 4.27. The quantitative estimate of drug-likeness (QED) is 0.478. The van der Waals surface area contributed by atoms with E-state index in [4.69, 9.17) is 9.15 Å². The van der Waals surface area contributed by atoms with Crippen molar-refractivity contribution in [2.45, 2.75) is 13.5 Å². The van der Waals surface area contributed by atoms with Gasteiger partial charge in [-0.25, -0.2) is 4.79 Å². The fourth-order valence-corrected chi connectivity index (χ4v) is 1.70. The van der Waals surface area contributed by atoms with Gasteiger partial charge in [-0.15, -0.1) is 0 Å². The molecule has 0 amide bonds. The number of esters is 1. The first-order chi connectivity index (χ1) is 10.0. The molecule has 0 unspecified atom stereocenters. The Bertz CT molecular complexity index is 676. The monoisotopic (exact) mass is 291 g/mol. The Hall–Kier alpha value is -2.83. The Kier molecular flexibility index (Phi) is 4.22. The summed E-state index contributed by atoms with van der Waals surface area (Å²) in [7, 11) is 1.25. The second-order valence-electron chi connectivity index (χ2n) is 4.27. The standard InChI is InChI=1S/C14H13NO6/c1-9-3-5-11(15(17)18)13(7-9)20-8-10-4-6-12(21-10)14(16)19-2/h3-7H,8H2,1-2H3. The normalized spacial score (nSPS) is 10.2. The lowest BCUT2D eigenvalue weighted by Gasteiger charge is -2.06. The molecular formula is C14H13NO6. The van der Waals surface area contributed by atoms with Crippen LogP contribution in [0.5, 0.6) is 5.75 Å². The molecule has 7 heteroatoms. The first-order valence-electron chi connectivity index (χ1n) is 6.06. The maximum absolute atomic E-state index is 11.2. The highest BCUT2D eigenvalue weighted by molar-refractivity contribution is 5.86. The van der Waals surface area contributed by atoms with Gasteiger partial charge >= 0.3 is 11.7 Å². The van der Waals surface area contributed by atoms with Gasteiger partial charge in [-0.2, -0.15) is 0 Å². The third-order valence-electron chi connectivity index (χ3n) is 2.73. The Morgan fingerprint density at radius 3 is 2.76 bits per heavy atom. The largest absolute Gasteiger partial charge is 0.479 e. The molecule has 1 aromatic heterocycles. The van der Waals surface area contributed by atoms with Gasteiger partial charge in [0.15, 0.2) is 5.75 Å². The number of hydrogen-bond acceptors (Lipinski definition) is 6. The van der Waals surface area contributed by atoms with E-state index >= 15 is 0 Å². The van der Waals surface area contributed by atoms with Gasteiger partial charge in [0, 0.05) is 6.07 Å². The van der Waals surface area contributed by atoms with Crippen LogP contribution in [0, 0.1) is 17.0 Å². The van der Waals surface area contributed by atoms with Crippen LogP contribution in [0.3, 0.4) is 0 Å². The van der Waals surface area contributed by atoms with Crippen LogP contribution in [0.4, 0.5) is 5.69 Å². The number of carbonyl (C=O) groups excluding carboxylic acids is 1. The zero-order valence-electron chi connectivity index (χ0n) is 11.5. The molecule has 0 saturated carbocycles. The molecule has 0 saturated heterocycles. The van der Waals surface area contributed by atoms with E-state index in [0.29, 0.717) is 5.76 Å². The number of nitrogens with zero attached hydrogens (tertiary/aromatic N) is 1. The molecule has 0 N–H and O–H groups in total. The summed E-state index contributed by atoms with van der Waals surface area (Å²) in [5, 5.41) is 10.9. The predicted octanol–water partition coefficient (Wildman–Crippen LogP) is 2.86. The molecule has 1 heterocycles. The lowest BCUT2D eigenvalue weighted by Crippen LogP contribution is -2.00. The predicted molar refractivity (Wildman–Crippen MR) is 72.2 cm³/mol. The van der Waals surface area contributed by atoms with Crippen LogP contribution in [0.25, 0.3) is 0 Å². The maximum atomic E-state index is 11.2. The van der Waals surface area contributed by atoms with E-state index in [1.165, 1.54) is 19.2 Å². The van der Waals surface area contributed by atoms with Crippen molar-refractivity contribution in [1.82, 2.24) is 0 Å². The summed E-state index contributed by atoms with van der Waals surface area (Å²) in [5.41, 5.74) is 0.714. The Morgan fingerprint density at radius 1 is 1.33 bits per heavy atom. The topological polar surface area (TPSA) is 91.8 Å². The minimum Gasteiger partial charge on any atom is -0.479 e. The summed E-state index contributed by atoms with van der Waals surface area (Å²) in [6.07, 6.45) is 0. The molecule has 0 atom stereocenters. The average Bonchev–Trinajstić information content (AvgIpc) is 2.93. The zero-order chi connectivity index (χ0) is 15.4. The van der Waals surface area contributed by atoms with Crippen molar-refractivity contribution in [1.29, 1.82) is 0 Å². The fourth-order valence-electron chi connectivity index (χ4n) is 1.70. The number of ether oxygens (including phenoxy) is 2. The summed E-state index contributed by atoms with van der Waals surface area (Å²) in [4.78, 5) is 21.6. The molecule has 0 fully saturated rings. The molecule has 0 bridgehead atoms. The van der Waals surface area contributed by atoms with Crippen LogP contribution in [0.1, 0.15) is 21.9 Å².